The summed E-state index contributed by atoms with van der Waals surface area (Å²) in [5, 5.41) is 11.1. The number of halogens is 3. The number of hydrogen-bond acceptors (Lipinski definition) is 5. The average Bonchev–Trinajstić information content (AvgIpc) is 2.82. The van der Waals surface area contributed by atoms with E-state index in [0.29, 0.717) is 56.7 Å². The van der Waals surface area contributed by atoms with Gasteiger partial charge in [-0.25, -0.2) is 0 Å². The molecule has 6 nitrogen and oxygen atoms in total. The van der Waals surface area contributed by atoms with Crippen LogP contribution in [0.15, 0.2) is 58.9 Å². The quantitative estimate of drug-likeness (QED) is 0.354. The third-order valence-electron chi connectivity index (χ3n) is 7.94. The number of carbonyl (C=O) groups excluding carboxylic acids is 2. The molecular formula is C32H32Cl3NO5. The predicted octanol–water partition coefficient (Wildman–Crippen LogP) is 8.00. The van der Waals surface area contributed by atoms with Gasteiger partial charge < -0.3 is 14.7 Å². The van der Waals surface area contributed by atoms with Crippen LogP contribution in [0.2, 0.25) is 15.1 Å². The van der Waals surface area contributed by atoms with Crippen molar-refractivity contribution in [2.24, 2.45) is 10.8 Å². The smallest absolute Gasteiger partial charge is 0.323 e. The summed E-state index contributed by atoms with van der Waals surface area (Å²) in [6, 6.07) is 10.5. The Hall–Kier alpha value is -2.80. The molecule has 1 heterocycles. The normalized spacial score (nSPS) is 20.2. The summed E-state index contributed by atoms with van der Waals surface area (Å²) in [6.07, 6.45) is 1.49. The van der Waals surface area contributed by atoms with Crippen LogP contribution in [0.3, 0.4) is 0 Å². The van der Waals surface area contributed by atoms with Crippen molar-refractivity contribution in [2.45, 2.75) is 65.9 Å². The van der Waals surface area contributed by atoms with Crippen LogP contribution in [0.5, 0.6) is 5.75 Å². The van der Waals surface area contributed by atoms with Gasteiger partial charge in [0.1, 0.15) is 18.9 Å². The van der Waals surface area contributed by atoms with Gasteiger partial charge in [0.05, 0.1) is 5.02 Å². The van der Waals surface area contributed by atoms with Crippen molar-refractivity contribution in [3.8, 4) is 5.75 Å². The molecule has 0 spiro atoms. The molecule has 0 amide bonds. The minimum atomic E-state index is -1.04. The highest BCUT2D eigenvalue weighted by Crippen LogP contribution is 2.56. The lowest BCUT2D eigenvalue weighted by Gasteiger charge is -2.48. The van der Waals surface area contributed by atoms with Crippen molar-refractivity contribution in [2.75, 3.05) is 6.54 Å². The highest BCUT2D eigenvalue weighted by Gasteiger charge is 2.50. The summed E-state index contributed by atoms with van der Waals surface area (Å²) in [5.74, 6) is -1.76. The molecule has 0 radical (unpaired) electrons. The Labute approximate surface area is 254 Å². The topological polar surface area (TPSA) is 83.9 Å². The fourth-order valence-electron chi connectivity index (χ4n) is 6.41. The molecule has 2 aromatic carbocycles. The van der Waals surface area contributed by atoms with Crippen molar-refractivity contribution in [1.82, 2.24) is 4.90 Å². The molecule has 2 aromatic rings. The van der Waals surface area contributed by atoms with Gasteiger partial charge in [-0.1, -0.05) is 74.6 Å². The molecule has 0 atom stereocenters. The van der Waals surface area contributed by atoms with Gasteiger partial charge in [0.25, 0.3) is 0 Å². The predicted molar refractivity (Wildman–Crippen MR) is 159 cm³/mol. The number of ketones is 2. The maximum atomic E-state index is 14.0. The minimum absolute atomic E-state index is 0.127. The fourth-order valence-corrected chi connectivity index (χ4v) is 7.19. The first-order valence-corrected chi connectivity index (χ1v) is 14.7. The van der Waals surface area contributed by atoms with E-state index < -0.39 is 11.9 Å². The van der Waals surface area contributed by atoms with E-state index in [1.165, 1.54) is 0 Å². The number of allylic oxidation sites excluding steroid dienone is 4. The van der Waals surface area contributed by atoms with Gasteiger partial charge in [-0.2, -0.15) is 0 Å². The second-order valence-corrected chi connectivity index (χ2v) is 14.0. The van der Waals surface area contributed by atoms with E-state index in [0.717, 1.165) is 5.56 Å². The zero-order valence-electron chi connectivity index (χ0n) is 23.4. The SMILES string of the molecule is CC1(C)CC(=O)C2=C(C1)N(CC(=O)O)C1=C(C(=O)CC(C)(C)C1)C2c1cc(Cl)cc(Cl)c1OCc1cccc(Cl)c1. The molecule has 0 unspecified atom stereocenters. The average molecular weight is 617 g/mol. The van der Waals surface area contributed by atoms with Crippen molar-refractivity contribution >= 4 is 52.3 Å². The zero-order chi connectivity index (χ0) is 29.9. The molecule has 0 saturated heterocycles. The number of carboxylic acids is 1. The number of ether oxygens (including phenoxy) is 1. The van der Waals surface area contributed by atoms with E-state index in [2.05, 4.69) is 0 Å². The molecule has 5 rings (SSSR count). The van der Waals surface area contributed by atoms with Gasteiger partial charge in [0, 0.05) is 56.9 Å². The lowest BCUT2D eigenvalue weighted by molar-refractivity contribution is -0.138. The van der Waals surface area contributed by atoms with Gasteiger partial charge >= 0.3 is 5.97 Å². The van der Waals surface area contributed by atoms with E-state index in [9.17, 15) is 19.5 Å². The highest BCUT2D eigenvalue weighted by molar-refractivity contribution is 6.35. The highest BCUT2D eigenvalue weighted by atomic mass is 35.5. The van der Waals surface area contributed by atoms with Crippen LogP contribution >= 0.6 is 34.8 Å². The van der Waals surface area contributed by atoms with Gasteiger partial charge in [-0.3, -0.25) is 14.4 Å². The number of carbonyl (C=O) groups is 3. The summed E-state index contributed by atoms with van der Waals surface area (Å²) in [7, 11) is 0. The first-order valence-electron chi connectivity index (χ1n) is 13.5. The van der Waals surface area contributed by atoms with Crippen LogP contribution in [0.4, 0.5) is 0 Å². The number of benzene rings is 2. The standard InChI is InChI=1S/C32H32Cl3NO5/c1-31(2)11-22-28(24(37)13-31)27(29-23(36(22)15-26(39)40)12-32(3,4)14-25(29)38)20-9-19(34)10-21(35)30(20)41-16-17-6-5-7-18(33)8-17/h5-10,27H,11-16H2,1-4H3,(H,39,40). The molecule has 41 heavy (non-hydrogen) atoms. The Bertz CT molecular complexity index is 1480. The summed E-state index contributed by atoms with van der Waals surface area (Å²) in [5.41, 5.74) is 2.67. The Morgan fingerprint density at radius 2 is 1.49 bits per heavy atom. The molecular weight excluding hydrogens is 585 g/mol. The lowest BCUT2D eigenvalue weighted by Crippen LogP contribution is -2.45. The number of Topliss-reactive ketones (excluding diaryl/α,β-unsaturated/α-hetero) is 2. The van der Waals surface area contributed by atoms with Gasteiger partial charge in [-0.15, -0.1) is 0 Å². The van der Waals surface area contributed by atoms with Gasteiger partial charge in [0.15, 0.2) is 11.6 Å². The third kappa shape index (κ3) is 5.93. The van der Waals surface area contributed by atoms with E-state index in [1.807, 2.05) is 39.8 Å². The molecule has 0 saturated carbocycles. The molecule has 0 fully saturated rings. The first kappa shape index (κ1) is 29.7. The molecule has 0 bridgehead atoms. The van der Waals surface area contributed by atoms with Crippen molar-refractivity contribution in [3.63, 3.8) is 0 Å². The van der Waals surface area contributed by atoms with Crippen LogP contribution in [-0.2, 0) is 21.0 Å². The largest absolute Gasteiger partial charge is 0.487 e. The maximum absolute atomic E-state index is 14.0. The van der Waals surface area contributed by atoms with Crippen LogP contribution < -0.4 is 4.74 Å². The van der Waals surface area contributed by atoms with Crippen molar-refractivity contribution in [3.05, 3.63) is 85.1 Å². The molecule has 9 heteroatoms. The molecule has 0 aromatic heterocycles. The van der Waals surface area contributed by atoms with Gasteiger partial charge in [-0.05, 0) is 53.5 Å². The Balaban J connectivity index is 1.75. The zero-order valence-corrected chi connectivity index (χ0v) is 25.7. The van der Waals surface area contributed by atoms with Crippen LogP contribution in [0, 0.1) is 10.8 Å². The number of nitrogens with zero attached hydrogens (tertiary/aromatic N) is 1. The van der Waals surface area contributed by atoms with E-state index >= 15 is 0 Å². The number of hydrogen-bond donors (Lipinski definition) is 1. The summed E-state index contributed by atoms with van der Waals surface area (Å²) in [6.45, 7) is 7.80. The second kappa shape index (κ2) is 10.8. The maximum Gasteiger partial charge on any atom is 0.323 e. The van der Waals surface area contributed by atoms with Crippen LogP contribution in [0.1, 0.15) is 70.4 Å². The van der Waals surface area contributed by atoms with E-state index in [4.69, 9.17) is 39.5 Å². The molecule has 3 aliphatic rings. The molecule has 1 N–H and O–H groups in total. The summed E-state index contributed by atoms with van der Waals surface area (Å²) < 4.78 is 6.30. The van der Waals surface area contributed by atoms with Crippen molar-refractivity contribution < 1.29 is 24.2 Å². The minimum Gasteiger partial charge on any atom is -0.487 e. The summed E-state index contributed by atoms with van der Waals surface area (Å²) >= 11 is 19.5. The number of aliphatic carboxylic acids is 1. The van der Waals surface area contributed by atoms with Crippen molar-refractivity contribution in [1.29, 1.82) is 0 Å². The third-order valence-corrected chi connectivity index (χ3v) is 8.67. The number of rotatable bonds is 6. The van der Waals surface area contributed by atoms with E-state index in [-0.39, 0.29) is 53.4 Å². The Morgan fingerprint density at radius 3 is 2.02 bits per heavy atom. The molecule has 2 aliphatic carbocycles. The number of carboxylic acid groups (broad SMARTS) is 1. The monoisotopic (exact) mass is 615 g/mol. The summed E-state index contributed by atoms with van der Waals surface area (Å²) in [4.78, 5) is 41.8. The second-order valence-electron chi connectivity index (χ2n) is 12.7. The van der Waals surface area contributed by atoms with Crippen LogP contribution in [-0.4, -0.2) is 34.1 Å². The first-order chi connectivity index (χ1) is 19.2. The Morgan fingerprint density at radius 1 is 0.902 bits per heavy atom. The van der Waals surface area contributed by atoms with Gasteiger partial charge in [0.2, 0.25) is 0 Å². The lowest BCUT2D eigenvalue weighted by atomic mass is 9.63. The van der Waals surface area contributed by atoms with E-state index in [1.54, 1.807) is 29.2 Å². The molecule has 216 valence electrons. The van der Waals surface area contributed by atoms with Crippen LogP contribution in [0.25, 0.3) is 0 Å². The Kier molecular flexibility index (Phi) is 7.82. The molecule has 1 aliphatic heterocycles. The fraction of sp³-hybridized carbons (Fsp3) is 0.406.